The first-order valence-electron chi connectivity index (χ1n) is 8.08. The van der Waals surface area contributed by atoms with E-state index in [-0.39, 0.29) is 5.91 Å². The molecule has 0 aliphatic rings. The molecule has 138 valence electrons. The molecule has 1 heterocycles. The molecule has 0 aliphatic heterocycles. The molecule has 3 N–H and O–H groups in total. The quantitative estimate of drug-likeness (QED) is 0.479. The second kappa shape index (κ2) is 9.54. The first-order chi connectivity index (χ1) is 13.1. The maximum absolute atomic E-state index is 11.9. The molecule has 0 fully saturated rings. The average Bonchev–Trinajstić information content (AvgIpc) is 3.20. The van der Waals surface area contributed by atoms with Gasteiger partial charge in [-0.05, 0) is 72.1 Å². The van der Waals surface area contributed by atoms with Crippen molar-refractivity contribution < 1.29 is 4.79 Å². The number of thiocarbonyl (C=S) groups is 1. The van der Waals surface area contributed by atoms with E-state index in [1.807, 2.05) is 24.3 Å². The van der Waals surface area contributed by atoms with Gasteiger partial charge in [-0.25, -0.2) is 0 Å². The lowest BCUT2D eigenvalue weighted by Crippen LogP contribution is -2.30. The van der Waals surface area contributed by atoms with Gasteiger partial charge in [0, 0.05) is 27.8 Å². The Morgan fingerprint density at radius 1 is 1.04 bits per heavy atom. The Hall–Kier alpha value is -2.36. The third kappa shape index (κ3) is 6.09. The molecule has 3 aromatic rings. The van der Waals surface area contributed by atoms with Crippen LogP contribution < -0.4 is 16.0 Å². The zero-order valence-electron chi connectivity index (χ0n) is 14.1. The Labute approximate surface area is 174 Å². The van der Waals surface area contributed by atoms with E-state index < -0.39 is 0 Å². The number of hydrogen-bond acceptors (Lipinski definition) is 5. The van der Waals surface area contributed by atoms with E-state index in [2.05, 4.69) is 53.6 Å². The molecule has 27 heavy (non-hydrogen) atoms. The molecule has 0 aliphatic carbocycles. The van der Waals surface area contributed by atoms with Crippen molar-refractivity contribution in [3.05, 3.63) is 69.6 Å². The Balaban J connectivity index is 1.44. The monoisotopic (exact) mass is 461 g/mol. The first-order valence-corrected chi connectivity index (χ1v) is 10.1. The van der Waals surface area contributed by atoms with Gasteiger partial charge < -0.3 is 16.0 Å². The van der Waals surface area contributed by atoms with Crippen LogP contribution in [0.3, 0.4) is 0 Å². The molecule has 9 heteroatoms. The molecule has 2 aromatic carbocycles. The van der Waals surface area contributed by atoms with Crippen molar-refractivity contribution in [3.63, 3.8) is 0 Å². The van der Waals surface area contributed by atoms with Gasteiger partial charge in [0.15, 0.2) is 10.8 Å². The van der Waals surface area contributed by atoms with Crippen LogP contribution >= 0.6 is 39.7 Å². The topological polar surface area (TPSA) is 78.9 Å². The highest BCUT2D eigenvalue weighted by Gasteiger charge is 2.08. The van der Waals surface area contributed by atoms with Crippen LogP contribution in [-0.4, -0.2) is 27.2 Å². The Kier molecular flexibility index (Phi) is 6.86. The van der Waals surface area contributed by atoms with Crippen LogP contribution in [0.4, 0.5) is 11.4 Å². The van der Waals surface area contributed by atoms with Gasteiger partial charge in [-0.15, -0.1) is 5.10 Å². The number of nitrogens with zero attached hydrogens (tertiary/aromatic N) is 2. The van der Waals surface area contributed by atoms with E-state index >= 15 is 0 Å². The summed E-state index contributed by atoms with van der Waals surface area (Å²) >= 11 is 9.88. The second-order valence-corrected chi connectivity index (χ2v) is 7.51. The van der Waals surface area contributed by atoms with Crippen molar-refractivity contribution in [3.8, 4) is 0 Å². The highest BCUT2D eigenvalue weighted by molar-refractivity contribution is 9.10. The molecule has 3 rings (SSSR count). The van der Waals surface area contributed by atoms with Gasteiger partial charge in [-0.1, -0.05) is 32.6 Å². The zero-order valence-corrected chi connectivity index (χ0v) is 17.3. The van der Waals surface area contributed by atoms with Gasteiger partial charge >= 0.3 is 0 Å². The predicted molar refractivity (Wildman–Crippen MR) is 116 cm³/mol. The van der Waals surface area contributed by atoms with Gasteiger partial charge in [-0.3, -0.25) is 4.79 Å². The number of nitrogens with one attached hydrogen (secondary N) is 3. The Bertz CT molecular complexity index is 899. The highest BCUT2D eigenvalue weighted by atomic mass is 79.9. The van der Waals surface area contributed by atoms with Crippen LogP contribution in [0.2, 0.25) is 0 Å². The van der Waals surface area contributed by atoms with Crippen LogP contribution in [0, 0.1) is 0 Å². The summed E-state index contributed by atoms with van der Waals surface area (Å²) < 4.78 is 4.75. The van der Waals surface area contributed by atoms with Crippen molar-refractivity contribution in [1.82, 2.24) is 14.9 Å². The molecule has 1 amide bonds. The van der Waals surface area contributed by atoms with Crippen LogP contribution in [0.5, 0.6) is 0 Å². The van der Waals surface area contributed by atoms with Crippen molar-refractivity contribution in [2.24, 2.45) is 0 Å². The van der Waals surface area contributed by atoms with E-state index in [0.717, 1.165) is 34.7 Å². The van der Waals surface area contributed by atoms with E-state index in [9.17, 15) is 4.79 Å². The number of anilines is 2. The van der Waals surface area contributed by atoms with Gasteiger partial charge in [-0.2, -0.15) is 0 Å². The summed E-state index contributed by atoms with van der Waals surface area (Å²) in [6.07, 6.45) is 0.881. The summed E-state index contributed by atoms with van der Waals surface area (Å²) in [5.74, 6) is -0.283. The van der Waals surface area contributed by atoms with Crippen molar-refractivity contribution >= 4 is 62.1 Å². The first kappa shape index (κ1) is 19.4. The number of carbonyl (C=O) groups excluding carboxylic acids is 1. The number of halogens is 1. The third-order valence-electron chi connectivity index (χ3n) is 3.61. The van der Waals surface area contributed by atoms with E-state index in [4.69, 9.17) is 12.2 Å². The molecule has 0 bridgehead atoms. The van der Waals surface area contributed by atoms with E-state index in [1.165, 1.54) is 5.56 Å². The molecule has 0 atom stereocenters. The van der Waals surface area contributed by atoms with Crippen LogP contribution in [0.25, 0.3) is 0 Å². The predicted octanol–water partition coefficient (Wildman–Crippen LogP) is 4.08. The molecular formula is C18H16BrN5OS2. The summed E-state index contributed by atoms with van der Waals surface area (Å²) in [5.41, 5.74) is 3.05. The molecule has 0 saturated heterocycles. The highest BCUT2D eigenvalue weighted by Crippen LogP contribution is 2.15. The number of amides is 1. The van der Waals surface area contributed by atoms with Crippen molar-refractivity contribution in [2.75, 3.05) is 17.2 Å². The fourth-order valence-electron chi connectivity index (χ4n) is 2.24. The molecule has 6 nitrogen and oxygen atoms in total. The van der Waals surface area contributed by atoms with E-state index in [1.54, 1.807) is 17.5 Å². The van der Waals surface area contributed by atoms with Crippen molar-refractivity contribution in [2.45, 2.75) is 6.42 Å². The lowest BCUT2D eigenvalue weighted by atomic mass is 10.1. The number of aromatic nitrogens is 2. The zero-order chi connectivity index (χ0) is 19.1. The number of hydrogen-bond donors (Lipinski definition) is 3. The number of carbonyl (C=O) groups is 1. The minimum atomic E-state index is -0.283. The minimum absolute atomic E-state index is 0.283. The molecule has 0 unspecified atom stereocenters. The lowest BCUT2D eigenvalue weighted by Gasteiger charge is -2.11. The van der Waals surface area contributed by atoms with Crippen LogP contribution in [-0.2, 0) is 6.42 Å². The standard InChI is InChI=1S/C18H16BrN5OS2/c19-13-3-1-12(2-4-13)9-10-20-18(26)22-15-7-5-14(6-8-15)21-17(25)16-11-27-24-23-16/h1-8,11H,9-10H2,(H,21,25)(H2,20,22,26). The lowest BCUT2D eigenvalue weighted by molar-refractivity contribution is 0.102. The molecule has 1 aromatic heterocycles. The summed E-state index contributed by atoms with van der Waals surface area (Å²) in [7, 11) is 0. The number of benzene rings is 2. The molecule has 0 spiro atoms. The molecular weight excluding hydrogens is 446 g/mol. The van der Waals surface area contributed by atoms with Gasteiger partial charge in [0.1, 0.15) is 0 Å². The van der Waals surface area contributed by atoms with Crippen LogP contribution in [0.1, 0.15) is 16.1 Å². The van der Waals surface area contributed by atoms with E-state index in [0.29, 0.717) is 16.5 Å². The van der Waals surface area contributed by atoms with Crippen LogP contribution in [0.15, 0.2) is 58.4 Å². The fourth-order valence-corrected chi connectivity index (χ4v) is 3.16. The minimum Gasteiger partial charge on any atom is -0.362 e. The Morgan fingerprint density at radius 2 is 1.70 bits per heavy atom. The largest absolute Gasteiger partial charge is 0.362 e. The number of rotatable bonds is 6. The second-order valence-electron chi connectivity index (χ2n) is 5.58. The summed E-state index contributed by atoms with van der Waals surface area (Å²) in [5, 5.41) is 15.0. The smallest absolute Gasteiger partial charge is 0.277 e. The SMILES string of the molecule is O=C(Nc1ccc(NC(=S)NCCc2ccc(Br)cc2)cc1)c1csnn1. The summed E-state index contributed by atoms with van der Waals surface area (Å²) in [4.78, 5) is 11.9. The summed E-state index contributed by atoms with van der Waals surface area (Å²) in [6.45, 7) is 0.739. The van der Waals surface area contributed by atoms with Gasteiger partial charge in [0.05, 0.1) is 0 Å². The maximum atomic E-state index is 11.9. The third-order valence-corrected chi connectivity index (χ3v) is 4.89. The summed E-state index contributed by atoms with van der Waals surface area (Å²) in [6, 6.07) is 15.5. The fraction of sp³-hybridized carbons (Fsp3) is 0.111. The Morgan fingerprint density at radius 3 is 2.33 bits per heavy atom. The normalized spacial score (nSPS) is 10.3. The average molecular weight is 462 g/mol. The maximum Gasteiger partial charge on any atom is 0.277 e. The van der Waals surface area contributed by atoms with Gasteiger partial charge in [0.2, 0.25) is 0 Å². The molecule has 0 radical (unpaired) electrons. The van der Waals surface area contributed by atoms with Crippen molar-refractivity contribution in [1.29, 1.82) is 0 Å². The molecule has 0 saturated carbocycles. The van der Waals surface area contributed by atoms with Gasteiger partial charge in [0.25, 0.3) is 5.91 Å².